The molecule has 3 aromatic rings. The van der Waals surface area contributed by atoms with Crippen LogP contribution >= 0.6 is 11.3 Å². The molecule has 1 saturated heterocycles. The quantitative estimate of drug-likeness (QED) is 0.0570. The summed E-state index contributed by atoms with van der Waals surface area (Å²) in [7, 11) is 4.13. The van der Waals surface area contributed by atoms with Gasteiger partial charge in [0.2, 0.25) is 23.5 Å². The Kier molecular flexibility index (Phi) is 14.8. The number of hydrogen-bond donors (Lipinski definition) is 4. The zero-order valence-corrected chi connectivity index (χ0v) is 36.3. The van der Waals surface area contributed by atoms with Crippen LogP contribution in [-0.2, 0) is 19.1 Å². The number of ketones is 1. The summed E-state index contributed by atoms with van der Waals surface area (Å²) in [6.45, 7) is 6.76. The normalized spacial score (nSPS) is 21.9. The van der Waals surface area contributed by atoms with Crippen molar-refractivity contribution in [3.8, 4) is 0 Å². The molecule has 4 N–H and O–H groups in total. The molecule has 14 nitrogen and oxygen atoms in total. The number of methoxy groups -OCH3 is 1. The Hall–Kier alpha value is -5.19. The fourth-order valence-corrected chi connectivity index (χ4v) is 10.0. The number of hydrogen-bond acceptors (Lipinski definition) is 12. The summed E-state index contributed by atoms with van der Waals surface area (Å²) in [6.07, 6.45) is 16.1. The molecule has 4 aliphatic rings. The zero-order chi connectivity index (χ0) is 42.9. The Morgan fingerprint density at radius 2 is 1.77 bits per heavy atom. The average molecular weight is 848 g/mol. The van der Waals surface area contributed by atoms with Crippen LogP contribution in [0.5, 0.6) is 0 Å². The van der Waals surface area contributed by atoms with Crippen molar-refractivity contribution in [2.75, 3.05) is 27.2 Å². The van der Waals surface area contributed by atoms with Gasteiger partial charge < -0.3 is 30.6 Å². The third kappa shape index (κ3) is 10.8. The minimum absolute atomic E-state index is 0.0366. The van der Waals surface area contributed by atoms with Crippen LogP contribution in [0, 0.1) is 5.92 Å². The lowest BCUT2D eigenvalue weighted by Crippen LogP contribution is -2.55. The van der Waals surface area contributed by atoms with E-state index in [-0.39, 0.29) is 41.2 Å². The number of nitrogens with zero attached hydrogens (tertiary/aromatic N) is 5. The van der Waals surface area contributed by atoms with Crippen LogP contribution in [0.4, 0.5) is 0 Å². The number of aliphatic imine (C=N–C) groups is 1. The van der Waals surface area contributed by atoms with Gasteiger partial charge in [0, 0.05) is 47.7 Å². The topological polar surface area (TPSA) is 170 Å². The molecule has 7 rings (SSSR count). The Bertz CT molecular complexity index is 2110. The molecule has 0 spiro atoms. The molecule has 2 saturated carbocycles. The predicted octanol–water partition coefficient (Wildman–Crippen LogP) is 4.28. The van der Waals surface area contributed by atoms with Crippen LogP contribution < -0.4 is 26.8 Å². The number of ether oxygens (including phenoxy) is 1. The van der Waals surface area contributed by atoms with E-state index in [4.69, 9.17) is 9.72 Å². The van der Waals surface area contributed by atoms with Crippen LogP contribution in [-0.4, -0.2) is 102 Å². The summed E-state index contributed by atoms with van der Waals surface area (Å²) in [5.41, 5.74) is 7.05. The van der Waals surface area contributed by atoms with Crippen molar-refractivity contribution in [3.63, 3.8) is 0 Å². The van der Waals surface area contributed by atoms with E-state index in [0.717, 1.165) is 94.1 Å². The van der Waals surface area contributed by atoms with Crippen LogP contribution in [0.25, 0.3) is 0 Å². The molecular formula is C45H58BN9O5S. The van der Waals surface area contributed by atoms with E-state index in [1.54, 1.807) is 38.5 Å². The Morgan fingerprint density at radius 1 is 1.00 bits per heavy atom. The minimum atomic E-state index is -0.564. The maximum atomic E-state index is 14.2. The first kappa shape index (κ1) is 43.9. The molecule has 1 aromatic carbocycles. The lowest BCUT2D eigenvalue weighted by atomic mass is 9.54. The number of likely N-dealkylation sites (N-methyl/N-ethyl adjacent to an activating group) is 1. The molecule has 0 bridgehead atoms. The van der Waals surface area contributed by atoms with Crippen molar-refractivity contribution in [1.82, 2.24) is 41.3 Å². The van der Waals surface area contributed by atoms with Crippen molar-refractivity contribution in [1.29, 1.82) is 0 Å². The molecule has 0 radical (unpaired) electrons. The molecule has 3 fully saturated rings. The second kappa shape index (κ2) is 20.6. The number of hydrazine groups is 1. The maximum absolute atomic E-state index is 14.2. The molecule has 2 aliphatic carbocycles. The highest BCUT2D eigenvalue weighted by atomic mass is 32.1. The smallest absolute Gasteiger partial charge is 0.273 e. The van der Waals surface area contributed by atoms with Crippen LogP contribution in [0.1, 0.15) is 110 Å². The molecule has 16 heteroatoms. The number of pyridine rings is 1. The Morgan fingerprint density at radius 3 is 2.51 bits per heavy atom. The monoisotopic (exact) mass is 847 g/mol. The highest BCUT2D eigenvalue weighted by Crippen LogP contribution is 2.37. The highest BCUT2D eigenvalue weighted by molar-refractivity contribution is 7.10. The number of benzene rings is 1. The first-order valence-electron chi connectivity index (χ1n) is 21.7. The van der Waals surface area contributed by atoms with Gasteiger partial charge in [-0.25, -0.2) is 15.4 Å². The van der Waals surface area contributed by atoms with Gasteiger partial charge in [0.15, 0.2) is 7.28 Å². The average Bonchev–Trinajstić information content (AvgIpc) is 4.10. The molecule has 2 aliphatic heterocycles. The molecule has 322 valence electrons. The fourth-order valence-electron chi connectivity index (χ4n) is 9.08. The number of thiazole rings is 1. The van der Waals surface area contributed by atoms with E-state index < -0.39 is 18.0 Å². The van der Waals surface area contributed by atoms with Crippen molar-refractivity contribution >= 4 is 53.5 Å². The van der Waals surface area contributed by atoms with Crippen LogP contribution in [0.15, 0.2) is 83.3 Å². The van der Waals surface area contributed by atoms with Crippen LogP contribution in [0.2, 0.25) is 5.82 Å². The van der Waals surface area contributed by atoms with Gasteiger partial charge in [-0.2, -0.15) is 0 Å². The van der Waals surface area contributed by atoms with Crippen molar-refractivity contribution in [2.24, 2.45) is 10.9 Å². The molecular weight excluding hydrogens is 789 g/mol. The summed E-state index contributed by atoms with van der Waals surface area (Å²) in [5.74, 6) is 0.180. The van der Waals surface area contributed by atoms with Gasteiger partial charge in [0.25, 0.3) is 5.91 Å². The van der Waals surface area contributed by atoms with Crippen molar-refractivity contribution in [2.45, 2.75) is 108 Å². The van der Waals surface area contributed by atoms with E-state index in [0.29, 0.717) is 41.8 Å². The summed E-state index contributed by atoms with van der Waals surface area (Å²) < 4.78 is 5.37. The number of likely N-dealkylation sites (tertiary alicyclic amines) is 1. The standard InChI is InChI=1S/C45H58BN9O5S/c1-28(47-3)41(57)53-39(30-10-6-5-7-11-30)45(59)54-23-9-14-38(54)44-52-37(27-61-44)40(56)32-12-8-13-34(24-32)46-33-15-17-36(18-16-33)55-26-35(25-49-55)51-42(58)29(2)50-43(60-4)31-19-21-48-22-20-31/h8,12-13,19-22,24,26-28,30,33,36,38-39,46-47,49H,2,5-7,9-11,14-18,23,25H2,1,3-4H3,(H,51,58)(H,53,57)/b50-43-/t28-,33?,36?,38-,39-/m0/s1. The van der Waals surface area contributed by atoms with Crippen molar-refractivity contribution < 1.29 is 23.9 Å². The van der Waals surface area contributed by atoms with E-state index in [1.807, 2.05) is 34.7 Å². The van der Waals surface area contributed by atoms with Gasteiger partial charge in [-0.05, 0) is 70.5 Å². The number of nitrogens with one attached hydrogen (secondary N) is 4. The number of rotatable bonds is 15. The summed E-state index contributed by atoms with van der Waals surface area (Å²) in [5, 5.41) is 13.7. The number of aromatic nitrogens is 2. The summed E-state index contributed by atoms with van der Waals surface area (Å²) in [6, 6.07) is 10.6. The van der Waals surface area contributed by atoms with E-state index in [2.05, 4.69) is 49.0 Å². The molecule has 3 amide bonds. The van der Waals surface area contributed by atoms with Gasteiger partial charge in [0.05, 0.1) is 31.4 Å². The SMILES string of the molecule is C=C(/N=C(\OC)c1ccncc1)C(=O)NC1=CN(C2CCC(Bc3cccc(C(=O)c4csc([C@@H]5CCCN5C(=O)[C@@H](NC(=O)[C@H](C)NC)C5CCCCC5)n4)c3)CC2)NC1. The maximum Gasteiger partial charge on any atom is 0.273 e. The first-order valence-corrected chi connectivity index (χ1v) is 22.6. The Balaban J connectivity index is 0.914. The second-order valence-corrected chi connectivity index (χ2v) is 17.6. The van der Waals surface area contributed by atoms with Gasteiger partial charge in [0.1, 0.15) is 22.4 Å². The van der Waals surface area contributed by atoms with E-state index in [1.165, 1.54) is 18.4 Å². The Labute approximate surface area is 363 Å². The van der Waals surface area contributed by atoms with Gasteiger partial charge >= 0.3 is 0 Å². The van der Waals surface area contributed by atoms with Gasteiger partial charge in [-0.15, -0.1) is 11.3 Å². The van der Waals surface area contributed by atoms with Gasteiger partial charge in [-0.1, -0.05) is 74.2 Å². The highest BCUT2D eigenvalue weighted by Gasteiger charge is 2.40. The minimum Gasteiger partial charge on any atom is -0.481 e. The predicted molar refractivity (Wildman–Crippen MR) is 238 cm³/mol. The zero-order valence-electron chi connectivity index (χ0n) is 35.5. The third-order valence-electron chi connectivity index (χ3n) is 12.7. The first-order chi connectivity index (χ1) is 29.6. The molecule has 2 aromatic heterocycles. The van der Waals surface area contributed by atoms with Crippen LogP contribution in [0.3, 0.4) is 0 Å². The lowest BCUT2D eigenvalue weighted by molar-refractivity contribution is -0.139. The van der Waals surface area contributed by atoms with Gasteiger partial charge in [-0.3, -0.25) is 24.2 Å². The molecule has 4 heterocycles. The number of carbonyl (C=O) groups excluding carboxylic acids is 4. The lowest BCUT2D eigenvalue weighted by Gasteiger charge is -2.35. The number of amides is 3. The van der Waals surface area contributed by atoms with E-state index in [9.17, 15) is 19.2 Å². The summed E-state index contributed by atoms with van der Waals surface area (Å²) in [4.78, 5) is 69.0. The van der Waals surface area contributed by atoms with E-state index >= 15 is 0 Å². The molecule has 3 atom stereocenters. The largest absolute Gasteiger partial charge is 0.481 e. The summed E-state index contributed by atoms with van der Waals surface area (Å²) >= 11 is 1.44. The number of carbonyl (C=O) groups is 4. The molecule has 61 heavy (non-hydrogen) atoms. The molecule has 0 unspecified atom stereocenters. The van der Waals surface area contributed by atoms with Crippen molar-refractivity contribution in [3.05, 3.63) is 100 Å². The third-order valence-corrected chi connectivity index (χ3v) is 13.6. The second-order valence-electron chi connectivity index (χ2n) is 16.7. The fraction of sp³-hybridized carbons (Fsp3) is 0.489.